The highest BCUT2D eigenvalue weighted by Crippen LogP contribution is 2.61. The van der Waals surface area contributed by atoms with Gasteiger partial charge in [0.1, 0.15) is 0 Å². The lowest BCUT2D eigenvalue weighted by Gasteiger charge is -2.47. The van der Waals surface area contributed by atoms with E-state index in [0.29, 0.717) is 0 Å². The van der Waals surface area contributed by atoms with Crippen molar-refractivity contribution in [2.24, 2.45) is 0 Å². The fraction of sp³-hybridized carbons (Fsp3) is 0.0182. The minimum atomic E-state index is 0.00842. The molecule has 0 fully saturated rings. The van der Waals surface area contributed by atoms with Crippen molar-refractivity contribution in [3.05, 3.63) is 235 Å². The van der Waals surface area contributed by atoms with Crippen molar-refractivity contribution in [1.29, 1.82) is 0 Å². The maximum Gasteiger partial charge on any atom is 0.252 e. The Hall–Kier alpha value is -7.76. The number of hydrogen-bond donors (Lipinski definition) is 0. The van der Waals surface area contributed by atoms with Gasteiger partial charge in [-0.3, -0.25) is 0 Å². The van der Waals surface area contributed by atoms with E-state index in [1.54, 1.807) is 0 Å². The van der Waals surface area contributed by atoms with E-state index < -0.39 is 0 Å². The second-order valence-corrected chi connectivity index (χ2v) is 16.1. The maximum absolute atomic E-state index is 2.59. The molecule has 0 aromatic heterocycles. The third-order valence-electron chi connectivity index (χ3n) is 13.0. The maximum atomic E-state index is 2.59. The largest absolute Gasteiger partial charge is 0.311 e. The fourth-order valence-electron chi connectivity index (χ4n) is 10.7. The van der Waals surface area contributed by atoms with Crippen molar-refractivity contribution in [2.75, 3.05) is 19.6 Å². The number of anilines is 12. The Bertz CT molecular complexity index is 2930. The molecule has 4 nitrogen and oxygen atoms in total. The van der Waals surface area contributed by atoms with Crippen molar-refractivity contribution in [3.8, 4) is 0 Å². The van der Waals surface area contributed by atoms with Crippen LogP contribution < -0.4 is 36.0 Å². The number of rotatable bonds is 4. The Balaban J connectivity index is 1.14. The number of benzene rings is 9. The second kappa shape index (κ2) is 12.9. The van der Waals surface area contributed by atoms with Crippen LogP contribution in [0.5, 0.6) is 0 Å². The van der Waals surface area contributed by atoms with Crippen molar-refractivity contribution in [2.45, 2.75) is 5.92 Å². The molecule has 0 bridgehead atoms. The van der Waals surface area contributed by atoms with Crippen LogP contribution in [0.1, 0.15) is 22.6 Å². The quantitative estimate of drug-likeness (QED) is 0.165. The second-order valence-electron chi connectivity index (χ2n) is 16.1. The monoisotopic (exact) mass is 764 g/mol. The zero-order valence-electron chi connectivity index (χ0n) is 32.7. The van der Waals surface area contributed by atoms with Gasteiger partial charge in [0.25, 0.3) is 6.71 Å². The molecule has 13 rings (SSSR count). The molecule has 280 valence electrons. The molecular weight excluding hydrogens is 727 g/mol. The topological polar surface area (TPSA) is 13.0 Å². The molecule has 1 atom stereocenters. The Morgan fingerprint density at radius 2 is 0.700 bits per heavy atom. The van der Waals surface area contributed by atoms with E-state index in [1.807, 2.05) is 0 Å². The van der Waals surface area contributed by atoms with E-state index in [-0.39, 0.29) is 12.6 Å². The van der Waals surface area contributed by atoms with E-state index in [1.165, 1.54) is 78.6 Å². The summed E-state index contributed by atoms with van der Waals surface area (Å²) in [5.74, 6) is 0.00842. The van der Waals surface area contributed by atoms with Gasteiger partial charge in [-0.05, 0) is 119 Å². The lowest BCUT2D eigenvalue weighted by Crippen LogP contribution is -2.61. The van der Waals surface area contributed by atoms with Crippen LogP contribution in [0.2, 0.25) is 0 Å². The minimum Gasteiger partial charge on any atom is -0.311 e. The summed E-state index contributed by atoms with van der Waals surface area (Å²) in [5.41, 5.74) is 22.2. The summed E-state index contributed by atoms with van der Waals surface area (Å²) in [6, 6.07) is 80.5. The predicted octanol–water partition coefficient (Wildman–Crippen LogP) is 12.5. The number of nitrogens with zero attached hydrogens (tertiary/aromatic N) is 4. The molecule has 0 saturated heterocycles. The van der Waals surface area contributed by atoms with Crippen molar-refractivity contribution >= 4 is 91.3 Å². The van der Waals surface area contributed by atoms with Gasteiger partial charge < -0.3 is 19.6 Å². The van der Waals surface area contributed by atoms with Gasteiger partial charge in [-0.1, -0.05) is 127 Å². The average molecular weight is 765 g/mol. The molecule has 0 amide bonds. The third kappa shape index (κ3) is 4.63. The van der Waals surface area contributed by atoms with Crippen LogP contribution >= 0.6 is 0 Å². The molecule has 0 radical (unpaired) electrons. The van der Waals surface area contributed by atoms with Crippen LogP contribution in [-0.4, -0.2) is 6.71 Å². The Kier molecular flexibility index (Phi) is 7.13. The van der Waals surface area contributed by atoms with Crippen LogP contribution in [0.4, 0.5) is 68.2 Å². The van der Waals surface area contributed by atoms with Crippen molar-refractivity contribution in [3.63, 3.8) is 0 Å². The molecule has 4 aliphatic heterocycles. The fourth-order valence-corrected chi connectivity index (χ4v) is 10.7. The van der Waals surface area contributed by atoms with E-state index in [2.05, 4.69) is 238 Å². The summed E-state index contributed by atoms with van der Waals surface area (Å²) in [7, 11) is 0. The number of fused-ring (bicyclic) bond motifs is 8. The average Bonchev–Trinajstić information content (AvgIpc) is 3.32. The Labute approximate surface area is 350 Å². The minimum absolute atomic E-state index is 0.00842. The third-order valence-corrected chi connectivity index (χ3v) is 13.0. The van der Waals surface area contributed by atoms with Gasteiger partial charge in [0.05, 0.1) is 22.7 Å². The summed E-state index contributed by atoms with van der Waals surface area (Å²) >= 11 is 0. The SMILES string of the molecule is c1ccc(N2c3ccccc3B3c4cc5c(cc4N(c4ccccc4)c4cccc2c43)N(c2ccccc2)c2cccc3c2C5c2ccccc2N3c2ccccc2)cc1. The zero-order valence-corrected chi connectivity index (χ0v) is 32.7. The van der Waals surface area contributed by atoms with E-state index in [4.69, 9.17) is 0 Å². The first-order valence-electron chi connectivity index (χ1n) is 20.9. The molecule has 0 spiro atoms. The molecule has 4 aliphatic rings. The summed E-state index contributed by atoms with van der Waals surface area (Å²) in [4.78, 5) is 9.96. The highest BCUT2D eigenvalue weighted by atomic mass is 15.2. The van der Waals surface area contributed by atoms with Crippen LogP contribution in [0, 0.1) is 0 Å². The highest BCUT2D eigenvalue weighted by Gasteiger charge is 2.46. The van der Waals surface area contributed by atoms with Crippen LogP contribution in [0.15, 0.2) is 218 Å². The van der Waals surface area contributed by atoms with Crippen LogP contribution in [-0.2, 0) is 0 Å². The molecule has 0 N–H and O–H groups in total. The summed E-state index contributed by atoms with van der Waals surface area (Å²) in [5, 5.41) is 0. The normalized spacial score (nSPS) is 15.0. The number of para-hydroxylation sites is 6. The van der Waals surface area contributed by atoms with Crippen LogP contribution in [0.25, 0.3) is 0 Å². The Morgan fingerprint density at radius 1 is 0.283 bits per heavy atom. The van der Waals surface area contributed by atoms with E-state index in [0.717, 1.165) is 22.7 Å². The summed E-state index contributed by atoms with van der Waals surface area (Å²) < 4.78 is 0. The molecular formula is C55H37BN4. The summed E-state index contributed by atoms with van der Waals surface area (Å²) in [6.07, 6.45) is 0. The van der Waals surface area contributed by atoms with Gasteiger partial charge in [-0.25, -0.2) is 0 Å². The first-order chi connectivity index (χ1) is 29.8. The van der Waals surface area contributed by atoms with Gasteiger partial charge in [0.2, 0.25) is 0 Å². The van der Waals surface area contributed by atoms with Gasteiger partial charge in [-0.2, -0.15) is 0 Å². The zero-order chi connectivity index (χ0) is 39.3. The highest BCUT2D eigenvalue weighted by molar-refractivity contribution is 7.00. The molecule has 9 aromatic rings. The lowest BCUT2D eigenvalue weighted by atomic mass is 9.33. The number of hydrogen-bond acceptors (Lipinski definition) is 4. The van der Waals surface area contributed by atoms with E-state index in [9.17, 15) is 0 Å². The van der Waals surface area contributed by atoms with Crippen molar-refractivity contribution < 1.29 is 0 Å². The molecule has 5 heteroatoms. The first kappa shape index (κ1) is 33.2. The van der Waals surface area contributed by atoms with Gasteiger partial charge in [-0.15, -0.1) is 0 Å². The lowest BCUT2D eigenvalue weighted by molar-refractivity contribution is 0.909. The van der Waals surface area contributed by atoms with E-state index >= 15 is 0 Å². The first-order valence-corrected chi connectivity index (χ1v) is 20.9. The van der Waals surface area contributed by atoms with Gasteiger partial charge in [0, 0.05) is 57.0 Å². The van der Waals surface area contributed by atoms with Gasteiger partial charge >= 0.3 is 0 Å². The van der Waals surface area contributed by atoms with Crippen LogP contribution in [0.3, 0.4) is 0 Å². The molecule has 60 heavy (non-hydrogen) atoms. The van der Waals surface area contributed by atoms with Gasteiger partial charge in [0.15, 0.2) is 0 Å². The Morgan fingerprint density at radius 3 is 1.27 bits per heavy atom. The smallest absolute Gasteiger partial charge is 0.252 e. The molecule has 0 aliphatic carbocycles. The predicted molar refractivity (Wildman–Crippen MR) is 251 cm³/mol. The standard InChI is InChI=1S/C55H37BN4/c1-5-19-37(20-6-1)57-45-29-15-13-27-41(45)53-42-35-44-52(36-51(42)59(39-23-9-3-10-24-39)48-32-17-31-47(57)54(48)53)60(40-25-11-4-12-26-40)50-34-18-33-49-55(50)56(44)43-28-14-16-30-46(43)58(49)38-21-7-2-8-22-38/h1-36,53H. The van der Waals surface area contributed by atoms with Crippen molar-refractivity contribution in [1.82, 2.24) is 0 Å². The molecule has 4 heterocycles. The summed E-state index contributed by atoms with van der Waals surface area (Å²) in [6.45, 7) is 0.00842. The molecule has 0 saturated carbocycles. The molecule has 1 unspecified atom stereocenters. The molecule has 9 aromatic carbocycles.